The van der Waals surface area contributed by atoms with Crippen molar-refractivity contribution in [2.45, 2.75) is 32.9 Å². The first-order valence-corrected chi connectivity index (χ1v) is 7.85. The fourth-order valence-electron chi connectivity index (χ4n) is 1.58. The second kappa shape index (κ2) is 8.96. The van der Waals surface area contributed by atoms with Gasteiger partial charge in [0.1, 0.15) is 5.60 Å². The molecular formula is C14H25N3O3S. The minimum Gasteiger partial charge on any atom is -0.444 e. The van der Waals surface area contributed by atoms with Gasteiger partial charge in [0.05, 0.1) is 12.1 Å². The molecule has 0 aliphatic rings. The van der Waals surface area contributed by atoms with E-state index in [4.69, 9.17) is 9.47 Å². The molecule has 0 saturated heterocycles. The standard InChI is InChI=1S/C14H25N3O3S/c1-14(2,3)20-13(18)17(7-8-19-4)6-5-15-9-12-10-16-11-21-12/h10-11,15H,5-9H2,1-4H3. The minimum atomic E-state index is -0.488. The average molecular weight is 315 g/mol. The number of rotatable bonds is 8. The lowest BCUT2D eigenvalue weighted by Crippen LogP contribution is -2.42. The van der Waals surface area contributed by atoms with Crippen LogP contribution in [0.25, 0.3) is 0 Å². The number of nitrogens with zero attached hydrogens (tertiary/aromatic N) is 2. The summed E-state index contributed by atoms with van der Waals surface area (Å²) in [7, 11) is 1.62. The average Bonchev–Trinajstić information content (AvgIpc) is 2.88. The number of nitrogens with one attached hydrogen (secondary N) is 1. The van der Waals surface area contributed by atoms with Crippen molar-refractivity contribution in [3.05, 3.63) is 16.6 Å². The number of methoxy groups -OCH3 is 1. The highest BCUT2D eigenvalue weighted by atomic mass is 32.1. The Morgan fingerprint density at radius 1 is 1.43 bits per heavy atom. The lowest BCUT2D eigenvalue weighted by molar-refractivity contribution is 0.0204. The van der Waals surface area contributed by atoms with E-state index >= 15 is 0 Å². The van der Waals surface area contributed by atoms with Gasteiger partial charge in [-0.05, 0) is 20.8 Å². The molecule has 0 atom stereocenters. The Morgan fingerprint density at radius 2 is 2.19 bits per heavy atom. The normalized spacial score (nSPS) is 11.4. The number of amides is 1. The third-order valence-corrected chi connectivity index (χ3v) is 3.34. The fourth-order valence-corrected chi connectivity index (χ4v) is 2.14. The molecule has 0 radical (unpaired) electrons. The number of carbonyl (C=O) groups is 1. The van der Waals surface area contributed by atoms with Gasteiger partial charge in [-0.2, -0.15) is 0 Å². The quantitative estimate of drug-likeness (QED) is 0.745. The van der Waals surface area contributed by atoms with Crippen molar-refractivity contribution in [3.63, 3.8) is 0 Å². The zero-order valence-electron chi connectivity index (χ0n) is 13.2. The molecule has 1 N–H and O–H groups in total. The SMILES string of the molecule is COCCN(CCNCc1cncs1)C(=O)OC(C)(C)C. The van der Waals surface area contributed by atoms with Crippen LogP contribution in [0.5, 0.6) is 0 Å². The van der Waals surface area contributed by atoms with Crippen LogP contribution in [0.15, 0.2) is 11.7 Å². The van der Waals surface area contributed by atoms with E-state index in [9.17, 15) is 4.79 Å². The van der Waals surface area contributed by atoms with Crippen molar-refractivity contribution < 1.29 is 14.3 Å². The van der Waals surface area contributed by atoms with Gasteiger partial charge in [0, 0.05) is 44.4 Å². The maximum absolute atomic E-state index is 12.1. The number of ether oxygens (including phenoxy) is 2. The number of aromatic nitrogens is 1. The van der Waals surface area contributed by atoms with Gasteiger partial charge in [-0.15, -0.1) is 11.3 Å². The predicted molar refractivity (Wildman–Crippen MR) is 83.5 cm³/mol. The molecule has 0 bridgehead atoms. The summed E-state index contributed by atoms with van der Waals surface area (Å²) in [5, 5.41) is 3.29. The Morgan fingerprint density at radius 3 is 2.76 bits per heavy atom. The Bertz CT molecular complexity index is 404. The molecule has 0 spiro atoms. The Hall–Kier alpha value is -1.18. The third kappa shape index (κ3) is 7.99. The molecule has 0 saturated carbocycles. The van der Waals surface area contributed by atoms with E-state index < -0.39 is 5.60 Å². The van der Waals surface area contributed by atoms with E-state index in [1.165, 1.54) is 4.88 Å². The van der Waals surface area contributed by atoms with Crippen molar-refractivity contribution in [1.82, 2.24) is 15.2 Å². The summed E-state index contributed by atoms with van der Waals surface area (Å²) >= 11 is 1.61. The molecule has 7 heteroatoms. The Kier molecular flexibility index (Phi) is 7.63. The maximum atomic E-state index is 12.1. The smallest absolute Gasteiger partial charge is 0.410 e. The molecule has 21 heavy (non-hydrogen) atoms. The maximum Gasteiger partial charge on any atom is 0.410 e. The van der Waals surface area contributed by atoms with E-state index in [0.717, 1.165) is 6.54 Å². The molecule has 0 aromatic carbocycles. The molecule has 1 rings (SSSR count). The van der Waals surface area contributed by atoms with E-state index in [-0.39, 0.29) is 6.09 Å². The molecule has 1 amide bonds. The first-order valence-electron chi connectivity index (χ1n) is 6.97. The summed E-state index contributed by atoms with van der Waals surface area (Å²) in [6, 6.07) is 0. The number of carbonyl (C=O) groups excluding carboxylic acids is 1. The lowest BCUT2D eigenvalue weighted by atomic mass is 10.2. The molecule has 0 unspecified atom stereocenters. The largest absolute Gasteiger partial charge is 0.444 e. The van der Waals surface area contributed by atoms with Crippen LogP contribution in [-0.2, 0) is 16.0 Å². The number of hydrogen-bond acceptors (Lipinski definition) is 6. The van der Waals surface area contributed by atoms with E-state index in [1.807, 2.05) is 32.5 Å². The molecule has 1 aromatic rings. The van der Waals surface area contributed by atoms with E-state index in [1.54, 1.807) is 23.3 Å². The van der Waals surface area contributed by atoms with Crippen LogP contribution in [0, 0.1) is 0 Å². The van der Waals surface area contributed by atoms with Gasteiger partial charge in [-0.3, -0.25) is 4.98 Å². The van der Waals surface area contributed by atoms with Crippen LogP contribution >= 0.6 is 11.3 Å². The molecule has 1 heterocycles. The van der Waals surface area contributed by atoms with Crippen molar-refractivity contribution >= 4 is 17.4 Å². The monoisotopic (exact) mass is 315 g/mol. The summed E-state index contributed by atoms with van der Waals surface area (Å²) in [4.78, 5) is 19.0. The predicted octanol–water partition coefficient (Wildman–Crippen LogP) is 2.12. The summed E-state index contributed by atoms with van der Waals surface area (Å²) in [5.74, 6) is 0. The van der Waals surface area contributed by atoms with Crippen molar-refractivity contribution in [1.29, 1.82) is 0 Å². The highest BCUT2D eigenvalue weighted by molar-refractivity contribution is 7.09. The molecule has 6 nitrogen and oxygen atoms in total. The Balaban J connectivity index is 2.36. The zero-order chi connectivity index (χ0) is 15.7. The molecule has 0 aliphatic carbocycles. The van der Waals surface area contributed by atoms with Crippen LogP contribution in [0.4, 0.5) is 4.79 Å². The zero-order valence-corrected chi connectivity index (χ0v) is 14.0. The van der Waals surface area contributed by atoms with Crippen LogP contribution in [0.2, 0.25) is 0 Å². The summed E-state index contributed by atoms with van der Waals surface area (Å²) in [6.45, 7) is 8.64. The first kappa shape index (κ1) is 17.9. The van der Waals surface area contributed by atoms with Crippen molar-refractivity contribution in [3.8, 4) is 0 Å². The van der Waals surface area contributed by atoms with Gasteiger partial charge in [-0.25, -0.2) is 4.79 Å². The minimum absolute atomic E-state index is 0.306. The van der Waals surface area contributed by atoms with Gasteiger partial charge in [-0.1, -0.05) is 0 Å². The van der Waals surface area contributed by atoms with E-state index in [0.29, 0.717) is 26.2 Å². The van der Waals surface area contributed by atoms with Crippen molar-refractivity contribution in [2.24, 2.45) is 0 Å². The van der Waals surface area contributed by atoms with E-state index in [2.05, 4.69) is 10.3 Å². The van der Waals surface area contributed by atoms with Gasteiger partial charge in [0.2, 0.25) is 0 Å². The highest BCUT2D eigenvalue weighted by Gasteiger charge is 2.21. The number of thiazole rings is 1. The molecular weight excluding hydrogens is 290 g/mol. The number of hydrogen-bond donors (Lipinski definition) is 1. The lowest BCUT2D eigenvalue weighted by Gasteiger charge is -2.27. The third-order valence-electron chi connectivity index (χ3n) is 2.56. The molecule has 0 fully saturated rings. The van der Waals surface area contributed by atoms with Crippen LogP contribution < -0.4 is 5.32 Å². The summed E-state index contributed by atoms with van der Waals surface area (Å²) < 4.78 is 10.4. The molecule has 120 valence electrons. The summed E-state index contributed by atoms with van der Waals surface area (Å²) in [5.41, 5.74) is 1.32. The van der Waals surface area contributed by atoms with Gasteiger partial charge >= 0.3 is 6.09 Å². The van der Waals surface area contributed by atoms with Gasteiger partial charge in [0.25, 0.3) is 0 Å². The topological polar surface area (TPSA) is 63.7 Å². The van der Waals surface area contributed by atoms with Gasteiger partial charge in [0.15, 0.2) is 0 Å². The van der Waals surface area contributed by atoms with Crippen LogP contribution in [0.3, 0.4) is 0 Å². The highest BCUT2D eigenvalue weighted by Crippen LogP contribution is 2.10. The van der Waals surface area contributed by atoms with Crippen LogP contribution in [-0.4, -0.2) is 54.9 Å². The first-order chi connectivity index (χ1) is 9.92. The molecule has 0 aliphatic heterocycles. The van der Waals surface area contributed by atoms with Crippen molar-refractivity contribution in [2.75, 3.05) is 33.4 Å². The fraction of sp³-hybridized carbons (Fsp3) is 0.714. The Labute approximate surface area is 130 Å². The van der Waals surface area contributed by atoms with Crippen LogP contribution in [0.1, 0.15) is 25.6 Å². The second-order valence-electron chi connectivity index (χ2n) is 5.60. The molecule has 1 aromatic heterocycles. The summed E-state index contributed by atoms with van der Waals surface area (Å²) in [6.07, 6.45) is 1.54. The van der Waals surface area contributed by atoms with Gasteiger partial charge < -0.3 is 19.7 Å². The second-order valence-corrected chi connectivity index (χ2v) is 6.58.